The maximum absolute atomic E-state index is 13.3. The monoisotopic (exact) mass is 444 g/mol. The number of alkyl halides is 3. The van der Waals surface area contributed by atoms with E-state index in [2.05, 4.69) is 24.1 Å². The number of benzene rings is 1. The summed E-state index contributed by atoms with van der Waals surface area (Å²) < 4.78 is 39.8. The molecule has 1 aromatic carbocycles. The van der Waals surface area contributed by atoms with Crippen LogP contribution in [0.25, 0.3) is 0 Å². The zero-order valence-corrected chi connectivity index (χ0v) is 19.3. The standard InChI is InChI=1S/C27H35F3N2/c1-25-15-6-5-8-19(25)10-11-20-22-12-13-24(26(22,2)16-14-23(20)25)32-31-17-18-7-3-4-9-21(18)27(28,29)30/h3-4,7,9,17,19-20,22-23H,5-6,8,10-16H2,1-2H3/b31-17-,32-24-/t19-,20+,22+,23+,25-,26+/m0/s1. The van der Waals surface area contributed by atoms with Gasteiger partial charge in [-0.2, -0.15) is 23.4 Å². The van der Waals surface area contributed by atoms with Gasteiger partial charge in [0.15, 0.2) is 0 Å². The van der Waals surface area contributed by atoms with Gasteiger partial charge in [-0.15, -0.1) is 0 Å². The average molecular weight is 445 g/mol. The van der Waals surface area contributed by atoms with Gasteiger partial charge in [0, 0.05) is 16.7 Å². The first-order valence-corrected chi connectivity index (χ1v) is 12.5. The molecule has 0 aromatic heterocycles. The van der Waals surface area contributed by atoms with E-state index in [-0.39, 0.29) is 11.0 Å². The Labute approximate surface area is 189 Å². The summed E-state index contributed by atoms with van der Waals surface area (Å²) in [6.07, 6.45) is 9.75. The molecule has 4 saturated carbocycles. The van der Waals surface area contributed by atoms with Crippen molar-refractivity contribution in [3.63, 3.8) is 0 Å². The van der Waals surface area contributed by atoms with Crippen molar-refractivity contribution >= 4 is 11.9 Å². The van der Waals surface area contributed by atoms with Gasteiger partial charge in [0.25, 0.3) is 0 Å². The van der Waals surface area contributed by atoms with Crippen molar-refractivity contribution in [1.82, 2.24) is 0 Å². The van der Waals surface area contributed by atoms with Crippen molar-refractivity contribution in [2.24, 2.45) is 44.7 Å². The summed E-state index contributed by atoms with van der Waals surface area (Å²) in [5.74, 6) is 3.17. The Bertz CT molecular complexity index is 920. The molecule has 4 aliphatic carbocycles. The van der Waals surface area contributed by atoms with Gasteiger partial charge >= 0.3 is 6.18 Å². The van der Waals surface area contributed by atoms with E-state index in [1.807, 2.05) is 0 Å². The van der Waals surface area contributed by atoms with Gasteiger partial charge in [0.1, 0.15) is 0 Å². The van der Waals surface area contributed by atoms with Crippen molar-refractivity contribution in [3.05, 3.63) is 35.4 Å². The summed E-state index contributed by atoms with van der Waals surface area (Å²) >= 11 is 0. The molecule has 0 radical (unpaired) electrons. The fourth-order valence-corrected chi connectivity index (χ4v) is 8.28. The van der Waals surface area contributed by atoms with Gasteiger partial charge in [0.2, 0.25) is 0 Å². The molecular formula is C27H35F3N2. The van der Waals surface area contributed by atoms with Crippen molar-refractivity contribution in [2.45, 2.75) is 84.2 Å². The molecule has 0 bridgehead atoms. The summed E-state index contributed by atoms with van der Waals surface area (Å²) in [6, 6.07) is 5.58. The normalized spacial score (nSPS) is 40.8. The minimum Gasteiger partial charge on any atom is -0.166 e. The molecule has 174 valence electrons. The molecule has 0 spiro atoms. The number of halogens is 3. The van der Waals surface area contributed by atoms with E-state index >= 15 is 0 Å². The molecule has 4 aliphatic rings. The second kappa shape index (κ2) is 7.99. The molecule has 2 nitrogen and oxygen atoms in total. The highest BCUT2D eigenvalue weighted by atomic mass is 19.4. The van der Waals surface area contributed by atoms with Gasteiger partial charge in [-0.3, -0.25) is 0 Å². The molecule has 4 fully saturated rings. The first kappa shape index (κ1) is 22.2. The largest absolute Gasteiger partial charge is 0.417 e. The molecule has 0 amide bonds. The Kier molecular flexibility index (Phi) is 5.53. The fourth-order valence-electron chi connectivity index (χ4n) is 8.28. The van der Waals surface area contributed by atoms with Gasteiger partial charge in [-0.25, -0.2) is 0 Å². The molecule has 5 rings (SSSR count). The van der Waals surface area contributed by atoms with E-state index in [4.69, 9.17) is 0 Å². The van der Waals surface area contributed by atoms with Gasteiger partial charge in [-0.05, 0) is 86.5 Å². The Morgan fingerprint density at radius 3 is 2.56 bits per heavy atom. The molecule has 0 unspecified atom stereocenters. The number of hydrogen-bond donors (Lipinski definition) is 0. The number of rotatable bonds is 2. The minimum atomic E-state index is -4.38. The highest BCUT2D eigenvalue weighted by Gasteiger charge is 2.59. The van der Waals surface area contributed by atoms with Crippen molar-refractivity contribution in [2.75, 3.05) is 0 Å². The summed E-state index contributed by atoms with van der Waals surface area (Å²) in [6.45, 7) is 4.94. The Morgan fingerprint density at radius 1 is 0.938 bits per heavy atom. The van der Waals surface area contributed by atoms with Crippen LogP contribution in [-0.2, 0) is 6.18 Å². The summed E-state index contributed by atoms with van der Waals surface area (Å²) in [7, 11) is 0. The second-order valence-electron chi connectivity index (χ2n) is 11.3. The molecule has 0 heterocycles. The zero-order valence-electron chi connectivity index (χ0n) is 19.3. The maximum Gasteiger partial charge on any atom is 0.417 e. The van der Waals surface area contributed by atoms with Crippen molar-refractivity contribution in [1.29, 1.82) is 0 Å². The van der Waals surface area contributed by atoms with Gasteiger partial charge in [0.05, 0.1) is 11.8 Å². The van der Waals surface area contributed by atoms with E-state index in [0.717, 1.165) is 48.8 Å². The predicted molar refractivity (Wildman–Crippen MR) is 123 cm³/mol. The summed E-state index contributed by atoms with van der Waals surface area (Å²) in [4.78, 5) is 0. The van der Waals surface area contributed by atoms with Crippen LogP contribution in [0.2, 0.25) is 0 Å². The van der Waals surface area contributed by atoms with E-state index in [0.29, 0.717) is 11.3 Å². The van der Waals surface area contributed by atoms with Crippen molar-refractivity contribution < 1.29 is 13.2 Å². The third-order valence-electron chi connectivity index (χ3n) is 9.97. The smallest absolute Gasteiger partial charge is 0.166 e. The average Bonchev–Trinajstić information content (AvgIpc) is 3.09. The highest BCUT2D eigenvalue weighted by Crippen LogP contribution is 2.65. The molecule has 5 heteroatoms. The summed E-state index contributed by atoms with van der Waals surface area (Å²) in [5.41, 5.74) is 1.10. The van der Waals surface area contributed by atoms with E-state index in [9.17, 15) is 13.2 Å². The maximum atomic E-state index is 13.3. The molecule has 0 aliphatic heterocycles. The molecular weight excluding hydrogens is 409 g/mol. The molecule has 1 aromatic rings. The van der Waals surface area contributed by atoms with Crippen LogP contribution in [0.15, 0.2) is 34.5 Å². The Hall–Kier alpha value is -1.65. The Morgan fingerprint density at radius 2 is 1.75 bits per heavy atom. The lowest BCUT2D eigenvalue weighted by atomic mass is 9.45. The highest BCUT2D eigenvalue weighted by molar-refractivity contribution is 5.93. The van der Waals surface area contributed by atoms with Crippen LogP contribution in [-0.4, -0.2) is 11.9 Å². The lowest BCUT2D eigenvalue weighted by molar-refractivity contribution is -0.137. The van der Waals surface area contributed by atoms with Crippen molar-refractivity contribution in [3.8, 4) is 0 Å². The fraction of sp³-hybridized carbons (Fsp3) is 0.704. The molecule has 6 atom stereocenters. The van der Waals surface area contributed by atoms with Gasteiger partial charge in [-0.1, -0.05) is 44.9 Å². The number of nitrogens with zero attached hydrogens (tertiary/aromatic N) is 2. The SMILES string of the molecule is C[C@]12CCCC[C@H]1CC[C@H]1[C@H]2CC[C@@]2(C)/C(=N\N=C/c3ccccc3C(F)(F)F)CC[C@H]12. The zero-order chi connectivity index (χ0) is 22.6. The summed E-state index contributed by atoms with van der Waals surface area (Å²) in [5, 5.41) is 8.73. The lowest BCUT2D eigenvalue weighted by Gasteiger charge is -2.59. The lowest BCUT2D eigenvalue weighted by Crippen LogP contribution is -2.52. The Balaban J connectivity index is 1.37. The number of fused-ring (bicyclic) bond motifs is 5. The minimum absolute atomic E-state index is 0.0555. The predicted octanol–water partition coefficient (Wildman–Crippen LogP) is 7.91. The van der Waals surface area contributed by atoms with E-state index in [1.165, 1.54) is 63.3 Å². The van der Waals surface area contributed by atoms with Crippen LogP contribution >= 0.6 is 0 Å². The van der Waals surface area contributed by atoms with E-state index < -0.39 is 11.7 Å². The van der Waals surface area contributed by atoms with Crippen LogP contribution in [0.5, 0.6) is 0 Å². The first-order chi connectivity index (χ1) is 15.2. The van der Waals surface area contributed by atoms with Gasteiger partial charge < -0.3 is 0 Å². The quantitative estimate of drug-likeness (QED) is 0.327. The number of hydrogen-bond acceptors (Lipinski definition) is 2. The molecule has 32 heavy (non-hydrogen) atoms. The van der Waals surface area contributed by atoms with Crippen LogP contribution in [0.1, 0.15) is 89.2 Å². The van der Waals surface area contributed by atoms with Crippen LogP contribution < -0.4 is 0 Å². The topological polar surface area (TPSA) is 24.7 Å². The molecule has 0 N–H and O–H groups in total. The van der Waals surface area contributed by atoms with Crippen LogP contribution in [0.4, 0.5) is 13.2 Å². The van der Waals surface area contributed by atoms with E-state index in [1.54, 1.807) is 6.07 Å². The first-order valence-electron chi connectivity index (χ1n) is 12.5. The third kappa shape index (κ3) is 3.54. The van der Waals surface area contributed by atoms with Crippen LogP contribution in [0.3, 0.4) is 0 Å². The third-order valence-corrected chi connectivity index (χ3v) is 9.97. The molecule has 0 saturated heterocycles. The second-order valence-corrected chi connectivity index (χ2v) is 11.3. The van der Waals surface area contributed by atoms with Crippen LogP contribution in [0, 0.1) is 34.5 Å².